The van der Waals surface area contributed by atoms with E-state index in [0.717, 1.165) is 49.1 Å². The van der Waals surface area contributed by atoms with E-state index >= 15 is 0 Å². The molecule has 2 amide bonds. The van der Waals surface area contributed by atoms with Crippen LogP contribution in [0.4, 0.5) is 0 Å². The van der Waals surface area contributed by atoms with Gasteiger partial charge >= 0.3 is 0 Å². The third-order valence-corrected chi connectivity index (χ3v) is 6.14. The first kappa shape index (κ1) is 20.5. The second kappa shape index (κ2) is 8.90. The fourth-order valence-corrected chi connectivity index (χ4v) is 4.18. The lowest BCUT2D eigenvalue weighted by atomic mass is 9.95. The summed E-state index contributed by atoms with van der Waals surface area (Å²) in [5.74, 6) is 0.919. The lowest BCUT2D eigenvalue weighted by molar-refractivity contribution is -0.138. The summed E-state index contributed by atoms with van der Waals surface area (Å²) in [6.07, 6.45) is 3.86. The summed E-state index contributed by atoms with van der Waals surface area (Å²) in [6.45, 7) is 3.87. The summed E-state index contributed by atoms with van der Waals surface area (Å²) < 4.78 is 5.24. The van der Waals surface area contributed by atoms with Crippen LogP contribution in [0.3, 0.4) is 0 Å². The van der Waals surface area contributed by atoms with Crippen molar-refractivity contribution in [1.29, 1.82) is 0 Å². The van der Waals surface area contributed by atoms with Crippen LogP contribution in [0.5, 0.6) is 5.75 Å². The Bertz CT molecular complexity index is 888. The molecule has 4 rings (SSSR count). The van der Waals surface area contributed by atoms with E-state index in [1.165, 1.54) is 0 Å². The summed E-state index contributed by atoms with van der Waals surface area (Å²) in [4.78, 5) is 30.2. The second-order valence-corrected chi connectivity index (χ2v) is 8.50. The fraction of sp³-hybridized carbons (Fsp3) is 0.440. The number of nitrogens with zero attached hydrogens (tertiary/aromatic N) is 2. The van der Waals surface area contributed by atoms with E-state index in [1.54, 1.807) is 7.11 Å². The van der Waals surface area contributed by atoms with Crippen LogP contribution in [-0.2, 0) is 11.3 Å². The summed E-state index contributed by atoms with van der Waals surface area (Å²) >= 11 is 0. The molecule has 1 saturated carbocycles. The highest BCUT2D eigenvalue weighted by Gasteiger charge is 2.38. The molecule has 30 heavy (non-hydrogen) atoms. The van der Waals surface area contributed by atoms with Gasteiger partial charge in [0.1, 0.15) is 5.75 Å². The second-order valence-electron chi connectivity index (χ2n) is 8.50. The Labute approximate surface area is 178 Å². The number of likely N-dealkylation sites (tertiary alicyclic amines) is 1. The smallest absolute Gasteiger partial charge is 0.253 e. The van der Waals surface area contributed by atoms with Crippen molar-refractivity contribution in [3.63, 3.8) is 0 Å². The van der Waals surface area contributed by atoms with E-state index in [1.807, 2.05) is 65.3 Å². The standard InChI is InChI=1S/C25H30N2O3/c1-18-5-9-20(10-6-18)24(28)26-15-3-4-21(17-26)25(29)27(22-11-12-22)16-19-7-13-23(30-2)14-8-19/h5-10,13-14,21-22H,3-4,11-12,15-17H2,1-2H3. The number of hydrogen-bond acceptors (Lipinski definition) is 3. The van der Waals surface area contributed by atoms with Crippen LogP contribution >= 0.6 is 0 Å². The third-order valence-electron chi connectivity index (χ3n) is 6.14. The predicted molar refractivity (Wildman–Crippen MR) is 116 cm³/mol. The third kappa shape index (κ3) is 4.66. The Balaban J connectivity index is 1.43. The van der Waals surface area contributed by atoms with Crippen molar-refractivity contribution in [2.45, 2.75) is 45.2 Å². The van der Waals surface area contributed by atoms with E-state index in [0.29, 0.717) is 24.7 Å². The van der Waals surface area contributed by atoms with Gasteiger partial charge in [-0.25, -0.2) is 0 Å². The number of carbonyl (C=O) groups excluding carboxylic acids is 2. The van der Waals surface area contributed by atoms with Gasteiger partial charge in [0.15, 0.2) is 0 Å². The minimum absolute atomic E-state index is 0.0284. The highest BCUT2D eigenvalue weighted by molar-refractivity contribution is 5.94. The molecule has 5 heteroatoms. The largest absolute Gasteiger partial charge is 0.497 e. The van der Waals surface area contributed by atoms with Crippen LogP contribution < -0.4 is 4.74 Å². The molecule has 2 aliphatic rings. The van der Waals surface area contributed by atoms with Gasteiger partial charge in [-0.1, -0.05) is 29.8 Å². The highest BCUT2D eigenvalue weighted by Crippen LogP contribution is 2.32. The number of aryl methyl sites for hydroxylation is 1. The maximum atomic E-state index is 13.4. The van der Waals surface area contributed by atoms with Gasteiger partial charge in [0.2, 0.25) is 5.91 Å². The maximum Gasteiger partial charge on any atom is 0.253 e. The first-order chi connectivity index (χ1) is 14.5. The van der Waals surface area contributed by atoms with Crippen LogP contribution in [-0.4, -0.2) is 47.9 Å². The molecule has 0 radical (unpaired) electrons. The molecule has 2 aromatic rings. The Kier molecular flexibility index (Phi) is 6.07. The summed E-state index contributed by atoms with van der Waals surface area (Å²) in [6, 6.07) is 15.9. The van der Waals surface area contributed by atoms with Gasteiger partial charge in [-0.05, 0) is 62.4 Å². The number of methoxy groups -OCH3 is 1. The molecule has 2 aromatic carbocycles. The quantitative estimate of drug-likeness (QED) is 0.727. The van der Waals surface area contributed by atoms with E-state index in [9.17, 15) is 9.59 Å². The zero-order valence-electron chi connectivity index (χ0n) is 17.8. The molecule has 5 nitrogen and oxygen atoms in total. The van der Waals surface area contributed by atoms with Gasteiger partial charge in [0.05, 0.1) is 13.0 Å². The van der Waals surface area contributed by atoms with Gasteiger partial charge in [-0.2, -0.15) is 0 Å². The summed E-state index contributed by atoms with van der Waals surface area (Å²) in [5, 5.41) is 0. The Morgan fingerprint density at radius 1 is 1.03 bits per heavy atom. The lowest BCUT2D eigenvalue weighted by Gasteiger charge is -2.35. The molecular formula is C25H30N2O3. The minimum Gasteiger partial charge on any atom is -0.497 e. The number of piperidine rings is 1. The molecule has 1 aliphatic heterocycles. The zero-order valence-corrected chi connectivity index (χ0v) is 17.8. The summed E-state index contributed by atoms with van der Waals surface area (Å²) in [7, 11) is 1.65. The van der Waals surface area contributed by atoms with Crippen LogP contribution in [0.15, 0.2) is 48.5 Å². The first-order valence-corrected chi connectivity index (χ1v) is 10.8. The molecule has 2 fully saturated rings. The Morgan fingerprint density at radius 2 is 1.73 bits per heavy atom. The van der Waals surface area contributed by atoms with Crippen molar-refractivity contribution in [3.05, 3.63) is 65.2 Å². The van der Waals surface area contributed by atoms with E-state index in [4.69, 9.17) is 4.74 Å². The molecule has 0 aromatic heterocycles. The fourth-order valence-electron chi connectivity index (χ4n) is 4.18. The molecule has 158 valence electrons. The van der Waals surface area contributed by atoms with Crippen LogP contribution in [0.1, 0.15) is 47.2 Å². The van der Waals surface area contributed by atoms with Gasteiger partial charge in [-0.15, -0.1) is 0 Å². The summed E-state index contributed by atoms with van der Waals surface area (Å²) in [5.41, 5.74) is 2.95. The molecular weight excluding hydrogens is 376 g/mol. The number of benzene rings is 2. The number of amides is 2. The topological polar surface area (TPSA) is 49.9 Å². The lowest BCUT2D eigenvalue weighted by Crippen LogP contribution is -2.47. The van der Waals surface area contributed by atoms with Crippen LogP contribution in [0.25, 0.3) is 0 Å². The minimum atomic E-state index is -0.119. The molecule has 1 unspecified atom stereocenters. The van der Waals surface area contributed by atoms with Crippen molar-refractivity contribution in [2.24, 2.45) is 5.92 Å². The number of hydrogen-bond donors (Lipinski definition) is 0. The first-order valence-electron chi connectivity index (χ1n) is 10.8. The van der Waals surface area contributed by atoms with Crippen molar-refractivity contribution in [2.75, 3.05) is 20.2 Å². The van der Waals surface area contributed by atoms with Crippen molar-refractivity contribution in [3.8, 4) is 5.75 Å². The highest BCUT2D eigenvalue weighted by atomic mass is 16.5. The predicted octanol–water partition coefficient (Wildman–Crippen LogP) is 4.05. The van der Waals surface area contributed by atoms with Crippen molar-refractivity contribution in [1.82, 2.24) is 9.80 Å². The Hall–Kier alpha value is -2.82. The molecule has 1 heterocycles. The molecule has 1 atom stereocenters. The number of carbonyl (C=O) groups is 2. The van der Waals surface area contributed by atoms with Crippen LogP contribution in [0.2, 0.25) is 0 Å². The zero-order chi connectivity index (χ0) is 21.1. The SMILES string of the molecule is COc1ccc(CN(C(=O)C2CCCN(C(=O)c3ccc(C)cc3)C2)C2CC2)cc1. The van der Waals surface area contributed by atoms with E-state index < -0.39 is 0 Å². The van der Waals surface area contributed by atoms with E-state index in [2.05, 4.69) is 0 Å². The van der Waals surface area contributed by atoms with Gasteiger partial charge in [0, 0.05) is 31.2 Å². The van der Waals surface area contributed by atoms with Gasteiger partial charge < -0.3 is 14.5 Å². The van der Waals surface area contributed by atoms with Gasteiger partial charge in [-0.3, -0.25) is 9.59 Å². The number of ether oxygens (including phenoxy) is 1. The molecule has 1 saturated heterocycles. The van der Waals surface area contributed by atoms with Crippen molar-refractivity contribution < 1.29 is 14.3 Å². The normalized spacial score (nSPS) is 18.7. The van der Waals surface area contributed by atoms with Crippen LogP contribution in [0, 0.1) is 12.8 Å². The molecule has 0 N–H and O–H groups in total. The maximum absolute atomic E-state index is 13.4. The Morgan fingerprint density at radius 3 is 2.37 bits per heavy atom. The van der Waals surface area contributed by atoms with E-state index in [-0.39, 0.29) is 17.7 Å². The average molecular weight is 407 g/mol. The van der Waals surface area contributed by atoms with Gasteiger partial charge in [0.25, 0.3) is 5.91 Å². The van der Waals surface area contributed by atoms with Crippen molar-refractivity contribution >= 4 is 11.8 Å². The average Bonchev–Trinajstić information content (AvgIpc) is 3.63. The number of rotatable bonds is 6. The molecule has 0 bridgehead atoms. The molecule has 0 spiro atoms. The monoisotopic (exact) mass is 406 g/mol. The molecule has 1 aliphatic carbocycles.